The molecule has 15 heavy (non-hydrogen) atoms. The summed E-state index contributed by atoms with van der Waals surface area (Å²) >= 11 is 0. The van der Waals surface area contributed by atoms with Gasteiger partial charge < -0.3 is 16.6 Å². The fourth-order valence-electron chi connectivity index (χ4n) is 1.08. The lowest BCUT2D eigenvalue weighted by Crippen LogP contribution is -2.09. The molecule has 0 aliphatic heterocycles. The molecular formula is C8H9F2N3O2. The van der Waals surface area contributed by atoms with Crippen LogP contribution in [0.3, 0.4) is 0 Å². The van der Waals surface area contributed by atoms with Crippen molar-refractivity contribution in [2.24, 2.45) is 0 Å². The fraction of sp³-hybridized carbons (Fsp3) is 0.250. The number of pyridine rings is 1. The molecule has 82 valence electrons. The first-order valence-corrected chi connectivity index (χ1v) is 3.96. The molecule has 0 aliphatic rings. The smallest absolute Gasteiger partial charge is 0.307 e. The Kier molecular flexibility index (Phi) is 3.03. The van der Waals surface area contributed by atoms with Crippen LogP contribution in [0.15, 0.2) is 6.20 Å². The molecule has 0 amide bonds. The predicted molar refractivity (Wildman–Crippen MR) is 49.4 cm³/mol. The van der Waals surface area contributed by atoms with Gasteiger partial charge in [-0.25, -0.2) is 8.78 Å². The normalized spacial score (nSPS) is 10.6. The first-order chi connectivity index (χ1) is 6.93. The van der Waals surface area contributed by atoms with E-state index in [1.807, 2.05) is 0 Å². The van der Waals surface area contributed by atoms with Gasteiger partial charge in [-0.05, 0) is 0 Å². The number of nitrogens with zero attached hydrogens (tertiary/aromatic N) is 1. The van der Waals surface area contributed by atoms with Crippen LogP contribution in [0.25, 0.3) is 0 Å². The molecule has 0 atom stereocenters. The molecule has 5 nitrogen and oxygen atoms in total. The van der Waals surface area contributed by atoms with Crippen LogP contribution in [0.4, 0.5) is 20.2 Å². The highest BCUT2D eigenvalue weighted by molar-refractivity contribution is 5.77. The van der Waals surface area contributed by atoms with E-state index in [2.05, 4.69) is 4.98 Å². The second-order valence-electron chi connectivity index (χ2n) is 2.87. The van der Waals surface area contributed by atoms with E-state index in [4.69, 9.17) is 16.6 Å². The van der Waals surface area contributed by atoms with Crippen LogP contribution in [0, 0.1) is 0 Å². The Labute approximate surface area is 83.7 Å². The van der Waals surface area contributed by atoms with Crippen molar-refractivity contribution in [3.05, 3.63) is 17.5 Å². The van der Waals surface area contributed by atoms with Gasteiger partial charge in [-0.3, -0.25) is 9.78 Å². The van der Waals surface area contributed by atoms with E-state index in [-0.39, 0.29) is 16.9 Å². The van der Waals surface area contributed by atoms with Gasteiger partial charge in [-0.2, -0.15) is 0 Å². The largest absolute Gasteiger partial charge is 0.481 e. The van der Waals surface area contributed by atoms with Crippen LogP contribution in [-0.4, -0.2) is 16.1 Å². The highest BCUT2D eigenvalue weighted by Crippen LogP contribution is 2.29. The number of carbonyl (C=O) groups is 1. The molecule has 7 heteroatoms. The van der Waals surface area contributed by atoms with Gasteiger partial charge >= 0.3 is 5.97 Å². The summed E-state index contributed by atoms with van der Waals surface area (Å²) in [7, 11) is 0. The third-order valence-electron chi connectivity index (χ3n) is 1.82. The number of aliphatic carboxylic acids is 1. The Bertz CT molecular complexity index is 396. The van der Waals surface area contributed by atoms with Crippen LogP contribution in [-0.2, 0) is 11.2 Å². The summed E-state index contributed by atoms with van der Waals surface area (Å²) in [6, 6.07) is 0. The minimum atomic E-state index is -2.83. The Morgan fingerprint density at radius 3 is 2.53 bits per heavy atom. The maximum Gasteiger partial charge on any atom is 0.307 e. The molecule has 0 saturated heterocycles. The van der Waals surface area contributed by atoms with Crippen LogP contribution < -0.4 is 11.5 Å². The monoisotopic (exact) mass is 217 g/mol. The summed E-state index contributed by atoms with van der Waals surface area (Å²) in [6.45, 7) is 0. The van der Waals surface area contributed by atoms with Gasteiger partial charge in [0, 0.05) is 11.8 Å². The van der Waals surface area contributed by atoms with Gasteiger partial charge in [-0.15, -0.1) is 0 Å². The van der Waals surface area contributed by atoms with Crippen molar-refractivity contribution in [3.63, 3.8) is 0 Å². The zero-order valence-corrected chi connectivity index (χ0v) is 7.58. The SMILES string of the molecule is Nc1c(CC(=O)O)cnc(C(F)F)c1N. The number of hydrogen-bond donors (Lipinski definition) is 3. The number of nitrogens with two attached hydrogens (primary N) is 2. The van der Waals surface area contributed by atoms with Crippen LogP contribution >= 0.6 is 0 Å². The first kappa shape index (κ1) is 11.2. The fourth-order valence-corrected chi connectivity index (χ4v) is 1.08. The number of aromatic nitrogens is 1. The first-order valence-electron chi connectivity index (χ1n) is 3.96. The van der Waals surface area contributed by atoms with E-state index >= 15 is 0 Å². The topological polar surface area (TPSA) is 102 Å². The van der Waals surface area contributed by atoms with Crippen molar-refractivity contribution in [1.29, 1.82) is 0 Å². The van der Waals surface area contributed by atoms with Gasteiger partial charge in [0.2, 0.25) is 0 Å². The van der Waals surface area contributed by atoms with E-state index in [1.165, 1.54) is 0 Å². The Morgan fingerprint density at radius 1 is 1.47 bits per heavy atom. The maximum atomic E-state index is 12.3. The summed E-state index contributed by atoms with van der Waals surface area (Å²) in [6.07, 6.45) is -2.22. The van der Waals surface area contributed by atoms with Crippen molar-refractivity contribution in [2.45, 2.75) is 12.8 Å². The molecule has 0 bridgehead atoms. The van der Waals surface area contributed by atoms with E-state index < -0.39 is 24.5 Å². The summed E-state index contributed by atoms with van der Waals surface area (Å²) in [5.74, 6) is -1.13. The molecule has 0 aromatic carbocycles. The third kappa shape index (κ3) is 2.30. The minimum Gasteiger partial charge on any atom is -0.481 e. The second kappa shape index (κ2) is 4.07. The van der Waals surface area contributed by atoms with Gasteiger partial charge in [-0.1, -0.05) is 0 Å². The molecular weight excluding hydrogens is 208 g/mol. The lowest BCUT2D eigenvalue weighted by atomic mass is 10.1. The average molecular weight is 217 g/mol. The number of carboxylic acids is 1. The van der Waals surface area contributed by atoms with Crippen LogP contribution in [0.5, 0.6) is 0 Å². The van der Waals surface area contributed by atoms with E-state index in [9.17, 15) is 13.6 Å². The van der Waals surface area contributed by atoms with E-state index in [1.54, 1.807) is 0 Å². The standard InChI is InChI=1S/C8H9F2N3O2/c9-8(10)7-6(12)5(11)3(2-13-7)1-4(14)15/h2,8H,1,12H2,(H2,11,13)(H,14,15). The molecule has 1 aromatic rings. The van der Waals surface area contributed by atoms with Crippen molar-refractivity contribution in [1.82, 2.24) is 4.98 Å². The van der Waals surface area contributed by atoms with Crippen molar-refractivity contribution in [2.75, 3.05) is 11.5 Å². The van der Waals surface area contributed by atoms with Crippen LogP contribution in [0.2, 0.25) is 0 Å². The summed E-state index contributed by atoms with van der Waals surface area (Å²) in [5.41, 5.74) is 9.71. The van der Waals surface area contributed by atoms with Crippen molar-refractivity contribution >= 4 is 17.3 Å². The molecule has 0 saturated carbocycles. The van der Waals surface area contributed by atoms with E-state index in [0.29, 0.717) is 0 Å². The highest BCUT2D eigenvalue weighted by atomic mass is 19.3. The van der Waals surface area contributed by atoms with Crippen LogP contribution in [0.1, 0.15) is 17.7 Å². The second-order valence-corrected chi connectivity index (χ2v) is 2.87. The van der Waals surface area contributed by atoms with Gasteiger partial charge in [0.25, 0.3) is 6.43 Å². The maximum absolute atomic E-state index is 12.3. The quantitative estimate of drug-likeness (QED) is 0.695. The number of halogens is 2. The lowest BCUT2D eigenvalue weighted by molar-refractivity contribution is -0.136. The molecule has 1 rings (SSSR count). The summed E-state index contributed by atoms with van der Waals surface area (Å²) in [5, 5.41) is 8.49. The zero-order valence-electron chi connectivity index (χ0n) is 7.58. The molecule has 1 heterocycles. The number of carboxylic acid groups (broad SMARTS) is 1. The number of hydrogen-bond acceptors (Lipinski definition) is 4. The molecule has 0 aliphatic carbocycles. The Morgan fingerprint density at radius 2 is 2.07 bits per heavy atom. The van der Waals surface area contributed by atoms with E-state index in [0.717, 1.165) is 6.20 Å². The van der Waals surface area contributed by atoms with Gasteiger partial charge in [0.05, 0.1) is 17.8 Å². The Balaban J connectivity index is 3.15. The lowest BCUT2D eigenvalue weighted by Gasteiger charge is -2.09. The highest BCUT2D eigenvalue weighted by Gasteiger charge is 2.18. The predicted octanol–water partition coefficient (Wildman–Crippen LogP) is 0.811. The molecule has 0 unspecified atom stereocenters. The minimum absolute atomic E-state index is 0.129. The van der Waals surface area contributed by atoms with Crippen molar-refractivity contribution < 1.29 is 18.7 Å². The molecule has 0 spiro atoms. The van der Waals surface area contributed by atoms with Crippen molar-refractivity contribution in [3.8, 4) is 0 Å². The number of alkyl halides is 2. The Hall–Kier alpha value is -1.92. The molecule has 5 N–H and O–H groups in total. The number of nitrogen functional groups attached to an aromatic ring is 2. The number of rotatable bonds is 3. The summed E-state index contributed by atoms with van der Waals surface area (Å²) in [4.78, 5) is 13.8. The van der Waals surface area contributed by atoms with Gasteiger partial charge in [0.15, 0.2) is 0 Å². The number of anilines is 2. The molecule has 0 fully saturated rings. The molecule has 1 aromatic heterocycles. The van der Waals surface area contributed by atoms with Gasteiger partial charge in [0.1, 0.15) is 5.69 Å². The average Bonchev–Trinajstić information content (AvgIpc) is 2.12. The summed E-state index contributed by atoms with van der Waals surface area (Å²) < 4.78 is 24.6. The molecule has 0 radical (unpaired) electrons. The third-order valence-corrected chi connectivity index (χ3v) is 1.82. The zero-order chi connectivity index (χ0) is 11.6.